The third-order valence-corrected chi connectivity index (χ3v) is 4.91. The lowest BCUT2D eigenvalue weighted by atomic mass is 10.0. The highest BCUT2D eigenvalue weighted by atomic mass is 35.5. The predicted molar refractivity (Wildman–Crippen MR) is 92.9 cm³/mol. The molecule has 0 radical (unpaired) electrons. The van der Waals surface area contributed by atoms with E-state index in [4.69, 9.17) is 17.3 Å². The van der Waals surface area contributed by atoms with E-state index in [0.717, 1.165) is 30.1 Å². The molecule has 114 valence electrons. The van der Waals surface area contributed by atoms with Crippen LogP contribution in [0.25, 0.3) is 0 Å². The maximum Gasteiger partial charge on any atom is 0.0453 e. The summed E-state index contributed by atoms with van der Waals surface area (Å²) in [6.45, 7) is 6.43. The molecule has 2 aromatic rings. The molecule has 0 bridgehead atoms. The van der Waals surface area contributed by atoms with Crippen molar-refractivity contribution in [2.24, 2.45) is 5.73 Å². The first kappa shape index (κ1) is 16.5. The zero-order chi connectivity index (χ0) is 15.2. The Morgan fingerprint density at radius 2 is 1.95 bits per heavy atom. The molecule has 1 unspecified atom stereocenters. The van der Waals surface area contributed by atoms with Gasteiger partial charge in [-0.15, -0.1) is 11.3 Å². The fourth-order valence-corrected chi connectivity index (χ4v) is 3.36. The highest BCUT2D eigenvalue weighted by Crippen LogP contribution is 2.24. The van der Waals surface area contributed by atoms with Crippen LogP contribution in [0.2, 0.25) is 5.02 Å². The van der Waals surface area contributed by atoms with Crippen molar-refractivity contribution in [1.82, 2.24) is 4.90 Å². The number of hydrogen-bond donors (Lipinski definition) is 1. The second-order valence-corrected chi connectivity index (χ2v) is 7.00. The van der Waals surface area contributed by atoms with Gasteiger partial charge in [-0.3, -0.25) is 4.90 Å². The van der Waals surface area contributed by atoms with Gasteiger partial charge in [-0.1, -0.05) is 35.9 Å². The molecule has 0 saturated carbocycles. The van der Waals surface area contributed by atoms with E-state index in [1.807, 2.05) is 35.6 Å². The van der Waals surface area contributed by atoms with Crippen LogP contribution in [0.5, 0.6) is 0 Å². The molecule has 1 atom stereocenters. The van der Waals surface area contributed by atoms with Gasteiger partial charge >= 0.3 is 0 Å². The Balaban J connectivity index is 1.94. The molecular weight excluding hydrogens is 300 g/mol. The number of thiophene rings is 1. The highest BCUT2D eigenvalue weighted by molar-refractivity contribution is 7.09. The fraction of sp³-hybridized carbons (Fsp3) is 0.412. The van der Waals surface area contributed by atoms with Gasteiger partial charge in [0.05, 0.1) is 0 Å². The molecule has 0 aliphatic carbocycles. The molecule has 0 spiro atoms. The lowest BCUT2D eigenvalue weighted by Gasteiger charge is -2.27. The lowest BCUT2D eigenvalue weighted by molar-refractivity contribution is 0.207. The standard InChI is InChI=1S/C17H23ClN2S/c1-13(2)20(12-14-6-5-11-21-14)10-9-17(19)15-7-3-4-8-16(15)18/h3-8,11,13,17H,9-10,12,19H2,1-2H3. The van der Waals surface area contributed by atoms with Crippen molar-refractivity contribution in [2.45, 2.75) is 38.9 Å². The molecule has 2 N–H and O–H groups in total. The van der Waals surface area contributed by atoms with Gasteiger partial charge in [0.15, 0.2) is 0 Å². The highest BCUT2D eigenvalue weighted by Gasteiger charge is 2.15. The van der Waals surface area contributed by atoms with Gasteiger partial charge in [0.1, 0.15) is 0 Å². The van der Waals surface area contributed by atoms with Gasteiger partial charge in [0.2, 0.25) is 0 Å². The summed E-state index contributed by atoms with van der Waals surface area (Å²) in [5.41, 5.74) is 7.35. The summed E-state index contributed by atoms with van der Waals surface area (Å²) in [7, 11) is 0. The summed E-state index contributed by atoms with van der Waals surface area (Å²) in [5, 5.41) is 2.89. The molecule has 1 aromatic carbocycles. The Morgan fingerprint density at radius 1 is 1.19 bits per heavy atom. The zero-order valence-electron chi connectivity index (χ0n) is 12.6. The van der Waals surface area contributed by atoms with E-state index in [1.165, 1.54) is 4.88 Å². The third-order valence-electron chi connectivity index (χ3n) is 3.70. The van der Waals surface area contributed by atoms with Crippen LogP contribution < -0.4 is 5.73 Å². The minimum atomic E-state index is -0.0108. The van der Waals surface area contributed by atoms with Crippen LogP contribution in [0.3, 0.4) is 0 Å². The first-order chi connectivity index (χ1) is 10.1. The van der Waals surface area contributed by atoms with Crippen molar-refractivity contribution in [3.63, 3.8) is 0 Å². The number of hydrogen-bond acceptors (Lipinski definition) is 3. The minimum Gasteiger partial charge on any atom is -0.324 e. The lowest BCUT2D eigenvalue weighted by Crippen LogP contribution is -2.32. The summed E-state index contributed by atoms with van der Waals surface area (Å²) in [4.78, 5) is 3.86. The van der Waals surface area contributed by atoms with Crippen LogP contribution in [-0.4, -0.2) is 17.5 Å². The van der Waals surface area contributed by atoms with Crippen molar-refractivity contribution in [3.8, 4) is 0 Å². The van der Waals surface area contributed by atoms with E-state index in [1.54, 1.807) is 0 Å². The van der Waals surface area contributed by atoms with Crippen molar-refractivity contribution in [1.29, 1.82) is 0 Å². The zero-order valence-corrected chi connectivity index (χ0v) is 14.2. The van der Waals surface area contributed by atoms with Gasteiger partial charge < -0.3 is 5.73 Å². The van der Waals surface area contributed by atoms with Crippen LogP contribution in [0, 0.1) is 0 Å². The van der Waals surface area contributed by atoms with Gasteiger partial charge in [-0.05, 0) is 43.3 Å². The second kappa shape index (κ2) is 7.95. The SMILES string of the molecule is CC(C)N(CCC(N)c1ccccc1Cl)Cc1cccs1. The summed E-state index contributed by atoms with van der Waals surface area (Å²) in [6.07, 6.45) is 0.910. The van der Waals surface area contributed by atoms with E-state index in [9.17, 15) is 0 Å². The first-order valence-electron chi connectivity index (χ1n) is 7.34. The smallest absolute Gasteiger partial charge is 0.0453 e. The Kier molecular flexibility index (Phi) is 6.24. The van der Waals surface area contributed by atoms with E-state index >= 15 is 0 Å². The van der Waals surface area contributed by atoms with Crippen molar-refractivity contribution in [3.05, 3.63) is 57.2 Å². The van der Waals surface area contributed by atoms with Gasteiger partial charge in [-0.2, -0.15) is 0 Å². The van der Waals surface area contributed by atoms with Gasteiger partial charge in [-0.25, -0.2) is 0 Å². The molecule has 1 aromatic heterocycles. The van der Waals surface area contributed by atoms with Crippen LogP contribution in [0.4, 0.5) is 0 Å². The molecule has 0 saturated heterocycles. The van der Waals surface area contributed by atoms with E-state index in [2.05, 4.69) is 36.3 Å². The largest absolute Gasteiger partial charge is 0.324 e. The van der Waals surface area contributed by atoms with Gasteiger partial charge in [0.25, 0.3) is 0 Å². The maximum absolute atomic E-state index is 6.31. The van der Waals surface area contributed by atoms with Crippen LogP contribution in [0.15, 0.2) is 41.8 Å². The first-order valence-corrected chi connectivity index (χ1v) is 8.60. The molecule has 2 rings (SSSR count). The van der Waals surface area contributed by atoms with E-state index < -0.39 is 0 Å². The normalized spacial score (nSPS) is 13.0. The van der Waals surface area contributed by atoms with E-state index in [-0.39, 0.29) is 6.04 Å². The Morgan fingerprint density at radius 3 is 2.57 bits per heavy atom. The number of nitrogens with zero attached hydrogens (tertiary/aromatic N) is 1. The van der Waals surface area contributed by atoms with Crippen LogP contribution in [-0.2, 0) is 6.54 Å². The monoisotopic (exact) mass is 322 g/mol. The van der Waals surface area contributed by atoms with E-state index in [0.29, 0.717) is 6.04 Å². The minimum absolute atomic E-state index is 0.0108. The molecule has 0 aliphatic rings. The van der Waals surface area contributed by atoms with Crippen molar-refractivity contribution < 1.29 is 0 Å². The summed E-state index contributed by atoms with van der Waals surface area (Å²) < 4.78 is 0. The molecule has 1 heterocycles. The molecule has 0 fully saturated rings. The third kappa shape index (κ3) is 4.82. The average Bonchev–Trinajstić information content (AvgIpc) is 2.96. The topological polar surface area (TPSA) is 29.3 Å². The maximum atomic E-state index is 6.31. The Labute approximate surface area is 136 Å². The quantitative estimate of drug-likeness (QED) is 0.800. The molecule has 0 aliphatic heterocycles. The van der Waals surface area contributed by atoms with Crippen LogP contribution >= 0.6 is 22.9 Å². The second-order valence-electron chi connectivity index (χ2n) is 5.56. The number of benzene rings is 1. The molecule has 4 heteroatoms. The molecule has 2 nitrogen and oxygen atoms in total. The summed E-state index contributed by atoms with van der Waals surface area (Å²) in [6, 6.07) is 12.6. The fourth-order valence-electron chi connectivity index (χ4n) is 2.36. The van der Waals surface area contributed by atoms with Gasteiger partial charge in [0, 0.05) is 35.1 Å². The number of nitrogens with two attached hydrogens (primary N) is 1. The number of rotatable bonds is 7. The summed E-state index contributed by atoms with van der Waals surface area (Å²) >= 11 is 8.03. The summed E-state index contributed by atoms with van der Waals surface area (Å²) in [5.74, 6) is 0. The predicted octanol–water partition coefficient (Wildman–Crippen LogP) is 4.70. The van der Waals surface area contributed by atoms with Crippen molar-refractivity contribution >= 4 is 22.9 Å². The van der Waals surface area contributed by atoms with Crippen LogP contribution in [0.1, 0.15) is 36.8 Å². The molecular formula is C17H23ClN2S. The Hall–Kier alpha value is -0.870. The number of halogens is 1. The average molecular weight is 323 g/mol. The molecule has 21 heavy (non-hydrogen) atoms. The molecule has 0 amide bonds. The van der Waals surface area contributed by atoms with Crippen molar-refractivity contribution in [2.75, 3.05) is 6.54 Å². The Bertz CT molecular complexity index is 539.